The Morgan fingerprint density at radius 3 is 2.44 bits per heavy atom. The first kappa shape index (κ1) is 15.2. The lowest BCUT2D eigenvalue weighted by Crippen LogP contribution is -3.00. The Hall–Kier alpha value is -0.770. The molecule has 2 N–H and O–H groups in total. The number of benzene rings is 1. The molecule has 3 nitrogen and oxygen atoms in total. The van der Waals surface area contributed by atoms with Gasteiger partial charge in [-0.25, -0.2) is 0 Å². The third kappa shape index (κ3) is 4.84. The average Bonchev–Trinajstić information content (AvgIpc) is 2.18. The lowest BCUT2D eigenvalue weighted by Gasteiger charge is -2.07. The second kappa shape index (κ2) is 7.49. The second-order valence-electron chi connectivity index (χ2n) is 3.27. The van der Waals surface area contributed by atoms with Crippen molar-refractivity contribution in [2.24, 2.45) is 0 Å². The summed E-state index contributed by atoms with van der Waals surface area (Å²) in [7, 11) is 1.97. The highest BCUT2D eigenvalue weighted by atomic mass is 35.5. The molecule has 5 heteroatoms. The first-order chi connectivity index (χ1) is 7.13. The third-order valence-electron chi connectivity index (χ3n) is 1.95. The molecule has 0 saturated carbocycles. The number of alkyl halides is 1. The molecule has 0 aliphatic carbocycles. The largest absolute Gasteiger partial charge is 1.00 e. The highest BCUT2D eigenvalue weighted by Gasteiger charge is 2.08. The van der Waals surface area contributed by atoms with Crippen molar-refractivity contribution >= 4 is 17.6 Å². The van der Waals surface area contributed by atoms with Gasteiger partial charge in [0.15, 0.2) is 0 Å². The van der Waals surface area contributed by atoms with Crippen molar-refractivity contribution in [1.29, 1.82) is 0 Å². The molecule has 0 bridgehead atoms. The van der Waals surface area contributed by atoms with Gasteiger partial charge in [-0.2, -0.15) is 0 Å². The van der Waals surface area contributed by atoms with Gasteiger partial charge >= 0.3 is 5.97 Å². The summed E-state index contributed by atoms with van der Waals surface area (Å²) >= 11 is 6.13. The van der Waals surface area contributed by atoms with Crippen molar-refractivity contribution in [2.75, 3.05) is 13.6 Å². The number of likely N-dealkylation sites (N-methyl/N-ethyl adjacent to an activating group) is 1. The van der Waals surface area contributed by atoms with E-state index in [0.717, 1.165) is 12.1 Å². The van der Waals surface area contributed by atoms with E-state index in [2.05, 4.69) is 0 Å². The summed E-state index contributed by atoms with van der Waals surface area (Å²) in [6.45, 7) is 2.21. The molecule has 16 heavy (non-hydrogen) atoms. The van der Waals surface area contributed by atoms with Crippen LogP contribution in [0.25, 0.3) is 0 Å². The van der Waals surface area contributed by atoms with Crippen LogP contribution >= 0.6 is 11.6 Å². The SMILES string of the molecule is C[NH2+]CC(Cl)c1ccc(OC(C)=O)cc1.[Cl-]. The van der Waals surface area contributed by atoms with Crippen molar-refractivity contribution in [3.63, 3.8) is 0 Å². The summed E-state index contributed by atoms with van der Waals surface area (Å²) in [5.41, 5.74) is 1.03. The van der Waals surface area contributed by atoms with Gasteiger partial charge < -0.3 is 22.5 Å². The predicted octanol–water partition coefficient (Wildman–Crippen LogP) is -1.91. The molecular formula is C11H15Cl2NO2. The highest BCUT2D eigenvalue weighted by Crippen LogP contribution is 2.21. The molecule has 90 valence electrons. The minimum Gasteiger partial charge on any atom is -1.00 e. The zero-order chi connectivity index (χ0) is 11.3. The fourth-order valence-electron chi connectivity index (χ4n) is 1.25. The van der Waals surface area contributed by atoms with E-state index in [4.69, 9.17) is 16.3 Å². The number of rotatable bonds is 4. The average molecular weight is 264 g/mol. The van der Waals surface area contributed by atoms with E-state index in [1.54, 1.807) is 12.1 Å². The van der Waals surface area contributed by atoms with Crippen molar-refractivity contribution in [3.8, 4) is 5.75 Å². The number of hydrogen-bond donors (Lipinski definition) is 1. The number of hydrogen-bond acceptors (Lipinski definition) is 2. The van der Waals surface area contributed by atoms with Crippen LogP contribution in [-0.4, -0.2) is 19.6 Å². The Balaban J connectivity index is 0.00000225. The van der Waals surface area contributed by atoms with Crippen LogP contribution in [0.2, 0.25) is 0 Å². The molecule has 1 unspecified atom stereocenters. The number of carbonyl (C=O) groups excluding carboxylic acids is 1. The maximum absolute atomic E-state index is 10.7. The van der Waals surface area contributed by atoms with Crippen LogP contribution in [0.4, 0.5) is 0 Å². The van der Waals surface area contributed by atoms with E-state index in [1.807, 2.05) is 24.5 Å². The van der Waals surface area contributed by atoms with E-state index >= 15 is 0 Å². The van der Waals surface area contributed by atoms with Crippen molar-refractivity contribution in [2.45, 2.75) is 12.3 Å². The van der Waals surface area contributed by atoms with Crippen LogP contribution in [0.15, 0.2) is 24.3 Å². The molecule has 0 spiro atoms. The van der Waals surface area contributed by atoms with Gasteiger partial charge in [0.1, 0.15) is 11.1 Å². The van der Waals surface area contributed by atoms with E-state index in [0.29, 0.717) is 5.75 Å². The molecule has 0 aromatic heterocycles. The molecule has 1 atom stereocenters. The quantitative estimate of drug-likeness (QED) is 0.392. The maximum Gasteiger partial charge on any atom is 0.308 e. The van der Waals surface area contributed by atoms with Gasteiger partial charge in [-0.3, -0.25) is 4.79 Å². The lowest BCUT2D eigenvalue weighted by molar-refractivity contribution is -0.627. The van der Waals surface area contributed by atoms with Gasteiger partial charge in [-0.1, -0.05) is 12.1 Å². The molecule has 0 radical (unpaired) electrons. The number of quaternary nitrogens is 1. The maximum atomic E-state index is 10.7. The van der Waals surface area contributed by atoms with Crippen LogP contribution in [0.1, 0.15) is 17.9 Å². The normalized spacial score (nSPS) is 11.4. The number of halogens is 2. The van der Waals surface area contributed by atoms with Crippen molar-refractivity contribution in [1.82, 2.24) is 0 Å². The van der Waals surface area contributed by atoms with Gasteiger partial charge in [0.25, 0.3) is 0 Å². The summed E-state index contributed by atoms with van der Waals surface area (Å²) in [4.78, 5) is 10.7. The highest BCUT2D eigenvalue weighted by molar-refractivity contribution is 6.20. The van der Waals surface area contributed by atoms with Gasteiger partial charge in [0, 0.05) is 6.92 Å². The minimum absolute atomic E-state index is 0. The van der Waals surface area contributed by atoms with Crippen LogP contribution in [-0.2, 0) is 4.79 Å². The number of ether oxygens (including phenoxy) is 1. The molecule has 0 amide bonds. The summed E-state index contributed by atoms with van der Waals surface area (Å²) in [5.74, 6) is 0.239. The summed E-state index contributed by atoms with van der Waals surface area (Å²) in [5, 5.41) is 2.01. The molecule has 0 fully saturated rings. The van der Waals surface area contributed by atoms with Crippen LogP contribution in [0.3, 0.4) is 0 Å². The Morgan fingerprint density at radius 2 is 2.00 bits per heavy atom. The number of nitrogens with two attached hydrogens (primary N) is 1. The Kier molecular flexibility index (Phi) is 7.13. The van der Waals surface area contributed by atoms with E-state index in [9.17, 15) is 4.79 Å². The van der Waals surface area contributed by atoms with Gasteiger partial charge in [-0.15, -0.1) is 11.6 Å². The Labute approximate surface area is 107 Å². The molecule has 1 aromatic rings. The van der Waals surface area contributed by atoms with Crippen molar-refractivity contribution in [3.05, 3.63) is 29.8 Å². The summed E-state index contributed by atoms with van der Waals surface area (Å²) < 4.78 is 4.92. The topological polar surface area (TPSA) is 42.9 Å². The molecule has 1 rings (SSSR count). The zero-order valence-corrected chi connectivity index (χ0v) is 10.8. The van der Waals surface area contributed by atoms with Crippen LogP contribution in [0.5, 0.6) is 5.75 Å². The fourth-order valence-corrected chi connectivity index (χ4v) is 1.58. The van der Waals surface area contributed by atoms with E-state index in [1.165, 1.54) is 6.92 Å². The molecule has 0 aliphatic heterocycles. The van der Waals surface area contributed by atoms with Crippen LogP contribution < -0.4 is 22.5 Å². The first-order valence-corrected chi connectivity index (χ1v) is 5.27. The minimum atomic E-state index is -0.313. The van der Waals surface area contributed by atoms with Crippen LogP contribution in [0, 0.1) is 0 Å². The third-order valence-corrected chi connectivity index (χ3v) is 2.38. The second-order valence-corrected chi connectivity index (χ2v) is 3.80. The fraction of sp³-hybridized carbons (Fsp3) is 0.364. The van der Waals surface area contributed by atoms with Crippen molar-refractivity contribution < 1.29 is 27.3 Å². The van der Waals surface area contributed by atoms with E-state index in [-0.39, 0.29) is 23.8 Å². The summed E-state index contributed by atoms with van der Waals surface area (Å²) in [6.07, 6.45) is 0. The van der Waals surface area contributed by atoms with E-state index < -0.39 is 0 Å². The monoisotopic (exact) mass is 263 g/mol. The number of carbonyl (C=O) groups is 1. The molecule has 0 saturated heterocycles. The molecule has 0 aliphatic rings. The van der Waals surface area contributed by atoms with Gasteiger partial charge in [-0.05, 0) is 17.7 Å². The smallest absolute Gasteiger partial charge is 0.308 e. The van der Waals surface area contributed by atoms with Gasteiger partial charge in [0.2, 0.25) is 0 Å². The molecule has 0 heterocycles. The van der Waals surface area contributed by atoms with Gasteiger partial charge in [0.05, 0.1) is 13.6 Å². The predicted molar refractivity (Wildman–Crippen MR) is 59.1 cm³/mol. The lowest BCUT2D eigenvalue weighted by atomic mass is 10.1. The Morgan fingerprint density at radius 1 is 1.44 bits per heavy atom. The number of esters is 1. The standard InChI is InChI=1S/C11H14ClNO2.ClH/c1-8(14)15-10-5-3-9(4-6-10)11(12)7-13-2;/h3-6,11,13H,7H2,1-2H3;1H. The molecule has 1 aromatic carbocycles. The Bertz CT molecular complexity index is 327. The zero-order valence-electron chi connectivity index (χ0n) is 9.24. The summed E-state index contributed by atoms with van der Waals surface area (Å²) in [6, 6.07) is 7.25. The molecular weight excluding hydrogens is 249 g/mol. The first-order valence-electron chi connectivity index (χ1n) is 4.83.